The fourth-order valence-corrected chi connectivity index (χ4v) is 3.50. The fourth-order valence-electron chi connectivity index (χ4n) is 2.49. The van der Waals surface area contributed by atoms with E-state index in [0.29, 0.717) is 12.1 Å². The molecule has 1 aliphatic heterocycles. The zero-order valence-electron chi connectivity index (χ0n) is 15.5. The summed E-state index contributed by atoms with van der Waals surface area (Å²) in [6.07, 6.45) is 4.65. The Hall–Kier alpha value is -2.19. The molecule has 2 N–H and O–H groups in total. The lowest BCUT2D eigenvalue weighted by Crippen LogP contribution is -2.40. The summed E-state index contributed by atoms with van der Waals surface area (Å²) in [6.45, 7) is 5.94. The van der Waals surface area contributed by atoms with E-state index in [-0.39, 0.29) is 6.42 Å². The van der Waals surface area contributed by atoms with Crippen molar-refractivity contribution in [1.29, 1.82) is 0 Å². The highest BCUT2D eigenvalue weighted by Crippen LogP contribution is 2.22. The number of oxime groups is 1. The maximum Gasteiger partial charge on any atom is 0.261 e. The molecule has 2 atom stereocenters. The van der Waals surface area contributed by atoms with Gasteiger partial charge in [-0.05, 0) is 18.1 Å². The van der Waals surface area contributed by atoms with Gasteiger partial charge >= 0.3 is 0 Å². The van der Waals surface area contributed by atoms with Crippen LogP contribution < -0.4 is 5.48 Å². The van der Waals surface area contributed by atoms with E-state index in [1.807, 2.05) is 57.2 Å². The minimum Gasteiger partial charge on any atom is -0.392 e. The normalized spacial score (nSPS) is 17.7. The van der Waals surface area contributed by atoms with Crippen molar-refractivity contribution in [1.82, 2.24) is 5.48 Å². The monoisotopic (exact) mass is 382 g/mol. The first-order valence-electron chi connectivity index (χ1n) is 8.43. The highest BCUT2D eigenvalue weighted by atomic mass is 32.2. The molecular formula is C18H26N2O5S. The van der Waals surface area contributed by atoms with Crippen molar-refractivity contribution >= 4 is 27.5 Å². The Kier molecular flexibility index (Phi) is 8.47. The van der Waals surface area contributed by atoms with Gasteiger partial charge in [0.25, 0.3) is 5.91 Å². The average Bonchev–Trinajstić information content (AvgIpc) is 3.09. The Morgan fingerprint density at radius 2 is 2.00 bits per heavy atom. The molecule has 1 amide bonds. The molecule has 1 aliphatic rings. The van der Waals surface area contributed by atoms with Crippen LogP contribution in [0, 0.1) is 0 Å². The van der Waals surface area contributed by atoms with Crippen LogP contribution in [-0.2, 0) is 19.5 Å². The number of carbonyl (C=O) groups is 1. The van der Waals surface area contributed by atoms with Gasteiger partial charge in [0.2, 0.25) is 0 Å². The van der Waals surface area contributed by atoms with E-state index in [1.54, 1.807) is 0 Å². The van der Waals surface area contributed by atoms with Gasteiger partial charge in [-0.3, -0.25) is 10.0 Å². The van der Waals surface area contributed by atoms with Gasteiger partial charge in [0, 0.05) is 19.1 Å². The zero-order valence-corrected chi connectivity index (χ0v) is 16.3. The zero-order chi connectivity index (χ0) is 19.7. The summed E-state index contributed by atoms with van der Waals surface area (Å²) in [4.78, 5) is 16.8. The van der Waals surface area contributed by atoms with E-state index in [4.69, 9.17) is 10.0 Å². The second-order valence-electron chi connectivity index (χ2n) is 5.62. The van der Waals surface area contributed by atoms with Crippen LogP contribution in [0.25, 0.3) is 6.08 Å². The lowest BCUT2D eigenvalue weighted by atomic mass is 10.0. The average molecular weight is 382 g/mol. The van der Waals surface area contributed by atoms with Gasteiger partial charge in [-0.2, -0.15) is 0 Å². The van der Waals surface area contributed by atoms with Crippen molar-refractivity contribution in [2.45, 2.75) is 45.0 Å². The van der Waals surface area contributed by atoms with Crippen LogP contribution in [0.5, 0.6) is 0 Å². The van der Waals surface area contributed by atoms with Gasteiger partial charge in [-0.25, -0.2) is 13.9 Å². The number of carbonyl (C=O) groups excluding carboxylic acids is 1. The van der Waals surface area contributed by atoms with Crippen LogP contribution in [0.2, 0.25) is 0 Å². The molecule has 0 fully saturated rings. The van der Waals surface area contributed by atoms with E-state index >= 15 is 0 Å². The smallest absolute Gasteiger partial charge is 0.261 e. The minimum absolute atomic E-state index is 0.0745. The highest BCUT2D eigenvalue weighted by molar-refractivity contribution is 7.92. The van der Waals surface area contributed by atoms with Gasteiger partial charge < -0.3 is 4.84 Å². The van der Waals surface area contributed by atoms with Gasteiger partial charge in [-0.15, -0.1) is 0 Å². The number of allylic oxidation sites excluding steroid dienone is 1. The van der Waals surface area contributed by atoms with E-state index in [1.165, 1.54) is 5.48 Å². The molecule has 0 aliphatic carbocycles. The Morgan fingerprint density at radius 3 is 2.50 bits per heavy atom. The first-order valence-corrected chi connectivity index (χ1v) is 10.4. The predicted octanol–water partition coefficient (Wildman–Crippen LogP) is 2.55. The summed E-state index contributed by atoms with van der Waals surface area (Å²) in [5.74, 6) is -0.967. The number of hydroxylamine groups is 1. The maximum absolute atomic E-state index is 11.7. The predicted molar refractivity (Wildman–Crippen MR) is 102 cm³/mol. The summed E-state index contributed by atoms with van der Waals surface area (Å²) in [5.41, 5.74) is 4.03. The summed E-state index contributed by atoms with van der Waals surface area (Å²) < 4.78 is 23.4. The third kappa shape index (κ3) is 5.96. The standard InChI is InChI=1S/C16H20N2O5S.C2H6/c1-3-4-11-5-7-12(8-6-11)14-9-13(23-18-14)10-15(16(19)17-20)24(2,21)22;1-2/h3-8,13,15,20H,9-10H2,1-2H3,(H,17,19);1-2H3/b4-3+;/t13-,15?;/m1./s1. The molecule has 0 saturated carbocycles. The van der Waals surface area contributed by atoms with Crippen molar-refractivity contribution in [3.05, 3.63) is 41.5 Å². The topological polar surface area (TPSA) is 105 Å². The first kappa shape index (κ1) is 21.9. The number of sulfone groups is 1. The number of hydrogen-bond donors (Lipinski definition) is 2. The molecule has 1 heterocycles. The largest absolute Gasteiger partial charge is 0.392 e. The summed E-state index contributed by atoms with van der Waals surface area (Å²) in [5, 5.41) is 11.3. The van der Waals surface area contributed by atoms with Crippen molar-refractivity contribution < 1.29 is 23.3 Å². The van der Waals surface area contributed by atoms with Crippen LogP contribution >= 0.6 is 0 Å². The van der Waals surface area contributed by atoms with Crippen LogP contribution in [-0.4, -0.2) is 42.9 Å². The highest BCUT2D eigenvalue weighted by Gasteiger charge is 2.35. The molecule has 1 aromatic rings. The Labute approximate surface area is 154 Å². The molecule has 26 heavy (non-hydrogen) atoms. The summed E-state index contributed by atoms with van der Waals surface area (Å²) >= 11 is 0. The third-order valence-electron chi connectivity index (χ3n) is 3.73. The van der Waals surface area contributed by atoms with Crippen LogP contribution in [0.3, 0.4) is 0 Å². The quantitative estimate of drug-likeness (QED) is 0.581. The fraction of sp³-hybridized carbons (Fsp3) is 0.444. The van der Waals surface area contributed by atoms with Gasteiger partial charge in [-0.1, -0.05) is 55.4 Å². The molecule has 8 heteroatoms. The molecule has 7 nitrogen and oxygen atoms in total. The minimum atomic E-state index is -3.67. The number of rotatable bonds is 6. The van der Waals surface area contributed by atoms with E-state index < -0.39 is 27.1 Å². The van der Waals surface area contributed by atoms with E-state index in [9.17, 15) is 13.2 Å². The summed E-state index contributed by atoms with van der Waals surface area (Å²) in [6, 6.07) is 7.72. The van der Waals surface area contributed by atoms with Gasteiger partial charge in [0.15, 0.2) is 9.84 Å². The molecule has 2 rings (SSSR count). The molecule has 1 unspecified atom stereocenters. The molecule has 0 spiro atoms. The molecule has 0 aromatic heterocycles. The van der Waals surface area contributed by atoms with Gasteiger partial charge in [0.05, 0.1) is 5.71 Å². The number of nitrogens with zero attached hydrogens (tertiary/aromatic N) is 1. The van der Waals surface area contributed by atoms with Crippen molar-refractivity contribution in [3.8, 4) is 0 Å². The molecule has 1 aromatic carbocycles. The molecule has 144 valence electrons. The number of nitrogens with one attached hydrogen (secondary N) is 1. The Bertz CT molecular complexity index is 754. The summed E-state index contributed by atoms with van der Waals surface area (Å²) in [7, 11) is -3.67. The molecule has 0 saturated heterocycles. The number of hydrogen-bond acceptors (Lipinski definition) is 6. The molecular weight excluding hydrogens is 356 g/mol. The van der Waals surface area contributed by atoms with Crippen molar-refractivity contribution in [2.75, 3.05) is 6.26 Å². The molecule has 0 bridgehead atoms. The van der Waals surface area contributed by atoms with Crippen LogP contribution in [0.4, 0.5) is 0 Å². The Balaban J connectivity index is 0.00000163. The SMILES string of the molecule is C/C=C/c1ccc(C2=NO[C@@H](CC(C(=O)NO)S(C)(=O)=O)C2)cc1.CC. The third-order valence-corrected chi connectivity index (χ3v) is 5.17. The number of benzene rings is 1. The maximum atomic E-state index is 11.7. The second kappa shape index (κ2) is 10.1. The van der Waals surface area contributed by atoms with Crippen molar-refractivity contribution in [3.63, 3.8) is 0 Å². The van der Waals surface area contributed by atoms with Gasteiger partial charge in [0.1, 0.15) is 11.4 Å². The number of amides is 1. The lowest BCUT2D eigenvalue weighted by molar-refractivity contribution is -0.129. The Morgan fingerprint density at radius 1 is 1.38 bits per heavy atom. The second-order valence-corrected chi connectivity index (χ2v) is 7.85. The lowest BCUT2D eigenvalue weighted by Gasteiger charge is -2.15. The van der Waals surface area contributed by atoms with E-state index in [0.717, 1.165) is 17.4 Å². The van der Waals surface area contributed by atoms with Crippen LogP contribution in [0.1, 0.15) is 44.7 Å². The first-order chi connectivity index (χ1) is 12.3. The van der Waals surface area contributed by atoms with Crippen molar-refractivity contribution in [2.24, 2.45) is 5.16 Å². The molecule has 0 radical (unpaired) electrons. The van der Waals surface area contributed by atoms with E-state index in [2.05, 4.69) is 5.16 Å². The van der Waals surface area contributed by atoms with Crippen LogP contribution in [0.15, 0.2) is 35.5 Å².